The van der Waals surface area contributed by atoms with Crippen molar-refractivity contribution in [2.75, 3.05) is 6.61 Å². The lowest BCUT2D eigenvalue weighted by Gasteiger charge is -2.26. The molecule has 0 aliphatic carbocycles. The minimum atomic E-state index is -0.823. The number of rotatable bonds is 3. The lowest BCUT2D eigenvalue weighted by Crippen LogP contribution is -2.44. The fraction of sp³-hybridized carbons (Fsp3) is 0.235. The molecule has 2 aromatic rings. The van der Waals surface area contributed by atoms with Crippen molar-refractivity contribution in [3.05, 3.63) is 59.7 Å². The van der Waals surface area contributed by atoms with Gasteiger partial charge in [0, 0.05) is 11.6 Å². The number of carbonyl (C=O) groups excluding carboxylic acids is 1. The van der Waals surface area contributed by atoms with Crippen LogP contribution in [-0.2, 0) is 4.79 Å². The zero-order valence-electron chi connectivity index (χ0n) is 12.4. The molecule has 1 N–H and O–H groups in total. The van der Waals surface area contributed by atoms with Gasteiger partial charge in [0.2, 0.25) is 6.10 Å². The predicted octanol–water partition coefficient (Wildman–Crippen LogP) is 2.98. The van der Waals surface area contributed by atoms with Crippen molar-refractivity contribution < 1.29 is 23.0 Å². The summed E-state index contributed by atoms with van der Waals surface area (Å²) in [4.78, 5) is 12.3. The van der Waals surface area contributed by atoms with Crippen LogP contribution in [0.25, 0.3) is 0 Å². The van der Waals surface area contributed by atoms with Gasteiger partial charge in [0.1, 0.15) is 18.2 Å². The Kier molecular flexibility index (Phi) is 4.14. The second-order valence-electron chi connectivity index (χ2n) is 5.26. The molecule has 0 saturated heterocycles. The quantitative estimate of drug-likeness (QED) is 0.946. The minimum absolute atomic E-state index is 0.0709. The van der Waals surface area contributed by atoms with Crippen LogP contribution in [-0.4, -0.2) is 18.6 Å². The van der Waals surface area contributed by atoms with Crippen LogP contribution in [0, 0.1) is 11.6 Å². The van der Waals surface area contributed by atoms with Crippen LogP contribution in [0.1, 0.15) is 18.5 Å². The number of amides is 1. The first-order valence-electron chi connectivity index (χ1n) is 7.18. The van der Waals surface area contributed by atoms with E-state index in [2.05, 4.69) is 5.32 Å². The van der Waals surface area contributed by atoms with Crippen molar-refractivity contribution in [2.45, 2.75) is 19.1 Å². The molecule has 0 radical (unpaired) electrons. The summed E-state index contributed by atoms with van der Waals surface area (Å²) in [6.45, 7) is 1.69. The van der Waals surface area contributed by atoms with Gasteiger partial charge in [-0.2, -0.15) is 0 Å². The Morgan fingerprint density at radius 2 is 1.96 bits per heavy atom. The van der Waals surface area contributed by atoms with Gasteiger partial charge >= 0.3 is 0 Å². The number of benzene rings is 2. The second kappa shape index (κ2) is 6.24. The van der Waals surface area contributed by atoms with Crippen molar-refractivity contribution in [2.24, 2.45) is 0 Å². The first-order chi connectivity index (χ1) is 11.0. The van der Waals surface area contributed by atoms with E-state index in [-0.39, 0.29) is 12.2 Å². The van der Waals surface area contributed by atoms with E-state index < -0.39 is 29.7 Å². The summed E-state index contributed by atoms with van der Waals surface area (Å²) in [6, 6.07) is 9.66. The Morgan fingerprint density at radius 1 is 1.22 bits per heavy atom. The molecule has 0 bridgehead atoms. The Bertz CT molecular complexity index is 736. The van der Waals surface area contributed by atoms with Crippen LogP contribution < -0.4 is 14.8 Å². The van der Waals surface area contributed by atoms with Gasteiger partial charge in [0.05, 0.1) is 6.04 Å². The van der Waals surface area contributed by atoms with E-state index in [1.807, 2.05) is 6.07 Å². The standard InChI is InChI=1S/C17H15F2NO3/c1-10(12-7-6-11(18)8-13(12)19)20-17(21)16-9-22-14-4-2-3-5-15(14)23-16/h2-8,10,16H,9H2,1H3,(H,20,21)/t10-,16-/m0/s1. The summed E-state index contributed by atoms with van der Waals surface area (Å²) in [5.41, 5.74) is 0.205. The third kappa shape index (κ3) is 3.26. The largest absolute Gasteiger partial charge is 0.485 e. The molecule has 2 atom stereocenters. The molecule has 0 unspecified atom stereocenters. The minimum Gasteiger partial charge on any atom is -0.485 e. The molecular formula is C17H15F2NO3. The molecule has 120 valence electrons. The average Bonchev–Trinajstić information content (AvgIpc) is 2.54. The van der Waals surface area contributed by atoms with Gasteiger partial charge in [0.15, 0.2) is 11.5 Å². The summed E-state index contributed by atoms with van der Waals surface area (Å²) < 4.78 is 37.7. The van der Waals surface area contributed by atoms with Crippen LogP contribution in [0.2, 0.25) is 0 Å². The molecule has 2 aromatic carbocycles. The molecule has 0 fully saturated rings. The zero-order valence-corrected chi connectivity index (χ0v) is 12.4. The maximum absolute atomic E-state index is 13.7. The maximum atomic E-state index is 13.7. The topological polar surface area (TPSA) is 47.6 Å². The SMILES string of the molecule is C[C@H](NC(=O)[C@@H]1COc2ccccc2O1)c1ccc(F)cc1F. The molecule has 0 saturated carbocycles. The van der Waals surface area contributed by atoms with Crippen LogP contribution in [0.15, 0.2) is 42.5 Å². The predicted molar refractivity (Wildman–Crippen MR) is 79.3 cm³/mol. The number of fused-ring (bicyclic) bond motifs is 1. The normalized spacial score (nSPS) is 17.4. The molecule has 4 nitrogen and oxygen atoms in total. The van der Waals surface area contributed by atoms with Gasteiger partial charge in [-0.1, -0.05) is 18.2 Å². The summed E-state index contributed by atoms with van der Waals surface area (Å²) in [6.07, 6.45) is -0.823. The highest BCUT2D eigenvalue weighted by Crippen LogP contribution is 2.31. The lowest BCUT2D eigenvalue weighted by molar-refractivity contribution is -0.131. The molecular weight excluding hydrogens is 304 g/mol. The Morgan fingerprint density at radius 3 is 2.70 bits per heavy atom. The van der Waals surface area contributed by atoms with Gasteiger partial charge in [-0.25, -0.2) is 8.78 Å². The summed E-state index contributed by atoms with van der Waals surface area (Å²) in [7, 11) is 0. The number of ether oxygens (including phenoxy) is 2. The van der Waals surface area contributed by atoms with Gasteiger partial charge in [0.25, 0.3) is 5.91 Å². The van der Waals surface area contributed by atoms with Crippen molar-refractivity contribution in [3.63, 3.8) is 0 Å². The van der Waals surface area contributed by atoms with Crippen LogP contribution in [0.5, 0.6) is 11.5 Å². The fourth-order valence-corrected chi connectivity index (χ4v) is 2.39. The molecule has 0 aromatic heterocycles. The third-order valence-electron chi connectivity index (χ3n) is 3.59. The van der Waals surface area contributed by atoms with E-state index in [4.69, 9.17) is 9.47 Å². The van der Waals surface area contributed by atoms with Crippen molar-refractivity contribution in [3.8, 4) is 11.5 Å². The number of carbonyl (C=O) groups is 1. The highest BCUT2D eigenvalue weighted by atomic mass is 19.1. The van der Waals surface area contributed by atoms with Crippen molar-refractivity contribution in [1.82, 2.24) is 5.32 Å². The smallest absolute Gasteiger partial charge is 0.265 e. The van der Waals surface area contributed by atoms with E-state index >= 15 is 0 Å². The van der Waals surface area contributed by atoms with Crippen LogP contribution in [0.3, 0.4) is 0 Å². The first kappa shape index (κ1) is 15.3. The molecule has 1 heterocycles. The van der Waals surface area contributed by atoms with Crippen LogP contribution in [0.4, 0.5) is 8.78 Å². The average molecular weight is 319 g/mol. The number of nitrogens with one attached hydrogen (secondary N) is 1. The second-order valence-corrected chi connectivity index (χ2v) is 5.26. The monoisotopic (exact) mass is 319 g/mol. The van der Waals surface area contributed by atoms with E-state index in [9.17, 15) is 13.6 Å². The van der Waals surface area contributed by atoms with Gasteiger partial charge in [-0.3, -0.25) is 4.79 Å². The highest BCUT2D eigenvalue weighted by molar-refractivity contribution is 5.82. The van der Waals surface area contributed by atoms with Crippen LogP contribution >= 0.6 is 0 Å². The van der Waals surface area contributed by atoms with Crippen molar-refractivity contribution in [1.29, 1.82) is 0 Å². The maximum Gasteiger partial charge on any atom is 0.265 e. The molecule has 1 aliphatic heterocycles. The van der Waals surface area contributed by atoms with E-state index in [1.54, 1.807) is 25.1 Å². The first-order valence-corrected chi connectivity index (χ1v) is 7.18. The van der Waals surface area contributed by atoms with Gasteiger partial charge < -0.3 is 14.8 Å². The summed E-state index contributed by atoms with van der Waals surface area (Å²) in [5.74, 6) is -0.723. The zero-order chi connectivity index (χ0) is 16.4. The van der Waals surface area contributed by atoms with E-state index in [0.717, 1.165) is 12.1 Å². The number of hydrogen-bond acceptors (Lipinski definition) is 3. The number of para-hydroxylation sites is 2. The summed E-state index contributed by atoms with van der Waals surface area (Å²) in [5, 5.41) is 2.65. The molecule has 6 heteroatoms. The number of hydrogen-bond donors (Lipinski definition) is 1. The fourth-order valence-electron chi connectivity index (χ4n) is 2.39. The molecule has 1 aliphatic rings. The molecule has 0 spiro atoms. The summed E-state index contributed by atoms with van der Waals surface area (Å²) >= 11 is 0. The molecule has 3 rings (SSSR count). The Hall–Kier alpha value is -2.63. The Labute approximate surface area is 132 Å². The molecule has 1 amide bonds. The lowest BCUT2D eigenvalue weighted by atomic mass is 10.1. The molecule has 23 heavy (non-hydrogen) atoms. The highest BCUT2D eigenvalue weighted by Gasteiger charge is 2.28. The number of halogens is 2. The Balaban J connectivity index is 1.68. The van der Waals surface area contributed by atoms with Gasteiger partial charge in [-0.05, 0) is 25.1 Å². The van der Waals surface area contributed by atoms with Crippen molar-refractivity contribution >= 4 is 5.91 Å². The van der Waals surface area contributed by atoms with Gasteiger partial charge in [-0.15, -0.1) is 0 Å². The third-order valence-corrected chi connectivity index (χ3v) is 3.59. The van der Waals surface area contributed by atoms with E-state index in [1.165, 1.54) is 6.07 Å². The van der Waals surface area contributed by atoms with E-state index in [0.29, 0.717) is 11.5 Å².